The van der Waals surface area contributed by atoms with Gasteiger partial charge in [-0.05, 0) is 18.9 Å². The lowest BCUT2D eigenvalue weighted by molar-refractivity contribution is 0.0633. The standard InChI is InChI=1S/C19H20N6O2/c1-24-10-8-20-18(24)16(26)13-5-4-9-25(11-13)19(27)15-7-3-2-6-14(15)17-21-12-22-23-17/h2-3,6-8,10,12-13H,4-5,9,11H2,1H3,(H,21,22,23)/t13-/m0/s1. The summed E-state index contributed by atoms with van der Waals surface area (Å²) in [5.74, 6) is 0.650. The summed E-state index contributed by atoms with van der Waals surface area (Å²) in [5, 5.41) is 6.67. The highest BCUT2D eigenvalue weighted by atomic mass is 16.2. The molecule has 1 aliphatic rings. The van der Waals surface area contributed by atoms with Crippen LogP contribution < -0.4 is 0 Å². The molecular formula is C19H20N6O2. The van der Waals surface area contributed by atoms with Gasteiger partial charge in [-0.1, -0.05) is 18.2 Å². The Kier molecular flexibility index (Phi) is 4.53. The second-order valence-electron chi connectivity index (χ2n) is 6.70. The third kappa shape index (κ3) is 3.25. The van der Waals surface area contributed by atoms with Crippen molar-refractivity contribution in [2.24, 2.45) is 13.0 Å². The molecule has 0 saturated carbocycles. The van der Waals surface area contributed by atoms with Crippen LogP contribution in [0.5, 0.6) is 0 Å². The molecule has 0 unspecified atom stereocenters. The quantitative estimate of drug-likeness (QED) is 0.714. The minimum Gasteiger partial charge on any atom is -0.338 e. The van der Waals surface area contributed by atoms with E-state index in [1.54, 1.807) is 35.0 Å². The molecule has 0 spiro atoms. The summed E-state index contributed by atoms with van der Waals surface area (Å²) in [6.45, 7) is 1.03. The largest absolute Gasteiger partial charge is 0.338 e. The van der Waals surface area contributed by atoms with Gasteiger partial charge < -0.3 is 9.47 Å². The third-order valence-corrected chi connectivity index (χ3v) is 4.95. The maximum atomic E-state index is 13.2. The first kappa shape index (κ1) is 17.1. The molecule has 0 aliphatic carbocycles. The highest BCUT2D eigenvalue weighted by Gasteiger charge is 2.31. The van der Waals surface area contributed by atoms with Crippen LogP contribution in [0, 0.1) is 5.92 Å². The predicted octanol–water partition coefficient (Wildman–Crippen LogP) is 1.94. The second kappa shape index (κ2) is 7.14. The molecule has 0 bridgehead atoms. The summed E-state index contributed by atoms with van der Waals surface area (Å²) in [6.07, 6.45) is 6.34. The average molecular weight is 364 g/mol. The highest BCUT2D eigenvalue weighted by Crippen LogP contribution is 2.25. The molecule has 1 saturated heterocycles. The molecule has 27 heavy (non-hydrogen) atoms. The van der Waals surface area contributed by atoms with E-state index in [1.165, 1.54) is 6.33 Å². The molecule has 3 heterocycles. The van der Waals surface area contributed by atoms with E-state index in [0.29, 0.717) is 35.9 Å². The molecular weight excluding hydrogens is 344 g/mol. The van der Waals surface area contributed by atoms with Crippen molar-refractivity contribution in [2.75, 3.05) is 13.1 Å². The number of nitrogens with zero attached hydrogens (tertiary/aromatic N) is 5. The van der Waals surface area contributed by atoms with Crippen LogP contribution in [0.1, 0.15) is 33.8 Å². The number of hydrogen-bond donors (Lipinski definition) is 1. The van der Waals surface area contributed by atoms with Crippen LogP contribution in [0.25, 0.3) is 11.4 Å². The van der Waals surface area contributed by atoms with Gasteiger partial charge in [-0.15, -0.1) is 0 Å². The Hall–Kier alpha value is -3.29. The zero-order chi connectivity index (χ0) is 18.8. The number of Topliss-reactive ketones (excluding diaryl/α,β-unsaturated/α-hetero) is 1. The zero-order valence-corrected chi connectivity index (χ0v) is 15.0. The van der Waals surface area contributed by atoms with E-state index >= 15 is 0 Å². The number of ketones is 1. The minimum atomic E-state index is -0.235. The molecule has 1 atom stereocenters. The average Bonchev–Trinajstić information content (AvgIpc) is 3.39. The van der Waals surface area contributed by atoms with Crippen LogP contribution in [0.4, 0.5) is 0 Å². The Morgan fingerprint density at radius 1 is 1.22 bits per heavy atom. The summed E-state index contributed by atoms with van der Waals surface area (Å²) >= 11 is 0. The number of hydrogen-bond acceptors (Lipinski definition) is 5. The van der Waals surface area contributed by atoms with Crippen LogP contribution >= 0.6 is 0 Å². The zero-order valence-electron chi connectivity index (χ0n) is 15.0. The molecule has 1 N–H and O–H groups in total. The fraction of sp³-hybridized carbons (Fsp3) is 0.316. The van der Waals surface area contributed by atoms with Crippen molar-refractivity contribution >= 4 is 11.7 Å². The van der Waals surface area contributed by atoms with E-state index in [0.717, 1.165) is 12.8 Å². The van der Waals surface area contributed by atoms with Crippen molar-refractivity contribution in [3.8, 4) is 11.4 Å². The number of amides is 1. The molecule has 3 aromatic rings. The van der Waals surface area contributed by atoms with Gasteiger partial charge in [-0.2, -0.15) is 5.10 Å². The third-order valence-electron chi connectivity index (χ3n) is 4.95. The van der Waals surface area contributed by atoms with Gasteiger partial charge in [0.25, 0.3) is 5.91 Å². The number of rotatable bonds is 4. The summed E-state index contributed by atoms with van der Waals surface area (Å²) in [5.41, 5.74) is 1.26. The lowest BCUT2D eigenvalue weighted by atomic mass is 9.92. The Balaban J connectivity index is 1.57. The van der Waals surface area contributed by atoms with E-state index in [2.05, 4.69) is 20.2 Å². The van der Waals surface area contributed by atoms with Crippen LogP contribution in [0.15, 0.2) is 43.0 Å². The van der Waals surface area contributed by atoms with Crippen molar-refractivity contribution in [1.29, 1.82) is 0 Å². The SMILES string of the molecule is Cn1ccnc1C(=O)[C@H]1CCCN(C(=O)c2ccccc2-c2ncn[nH]2)C1. The molecule has 138 valence electrons. The Morgan fingerprint density at radius 2 is 2.07 bits per heavy atom. The number of nitrogens with one attached hydrogen (secondary N) is 1. The van der Waals surface area contributed by atoms with Crippen LogP contribution in [0.2, 0.25) is 0 Å². The van der Waals surface area contributed by atoms with Crippen LogP contribution in [-0.2, 0) is 7.05 Å². The molecule has 0 radical (unpaired) electrons. The molecule has 1 fully saturated rings. The maximum Gasteiger partial charge on any atom is 0.254 e. The number of benzene rings is 1. The fourth-order valence-electron chi connectivity index (χ4n) is 3.54. The number of aromatic amines is 1. The van der Waals surface area contributed by atoms with Crippen molar-refractivity contribution in [2.45, 2.75) is 12.8 Å². The van der Waals surface area contributed by atoms with E-state index < -0.39 is 0 Å². The Labute approximate surface area is 156 Å². The first-order valence-electron chi connectivity index (χ1n) is 8.90. The molecule has 2 aromatic heterocycles. The smallest absolute Gasteiger partial charge is 0.254 e. The van der Waals surface area contributed by atoms with E-state index in [9.17, 15) is 9.59 Å². The number of H-pyrrole nitrogens is 1. The maximum absolute atomic E-state index is 13.2. The topological polar surface area (TPSA) is 96.8 Å². The number of carbonyl (C=O) groups excluding carboxylic acids is 2. The van der Waals surface area contributed by atoms with Gasteiger partial charge >= 0.3 is 0 Å². The van der Waals surface area contributed by atoms with Gasteiger partial charge in [0.1, 0.15) is 6.33 Å². The first-order chi connectivity index (χ1) is 13.1. The molecule has 8 heteroatoms. The van der Waals surface area contributed by atoms with Crippen molar-refractivity contribution in [1.82, 2.24) is 29.6 Å². The monoisotopic (exact) mass is 364 g/mol. The summed E-state index contributed by atoms with van der Waals surface area (Å²) in [7, 11) is 1.81. The normalized spacial score (nSPS) is 17.1. The van der Waals surface area contributed by atoms with Crippen molar-refractivity contribution in [3.63, 3.8) is 0 Å². The van der Waals surface area contributed by atoms with E-state index in [1.807, 2.05) is 18.2 Å². The van der Waals surface area contributed by atoms with E-state index in [4.69, 9.17) is 0 Å². The van der Waals surface area contributed by atoms with Gasteiger partial charge in [0.15, 0.2) is 11.6 Å². The van der Waals surface area contributed by atoms with Crippen molar-refractivity contribution in [3.05, 3.63) is 54.4 Å². The molecule has 1 amide bonds. The highest BCUT2D eigenvalue weighted by molar-refractivity contribution is 6.01. The molecule has 1 aromatic carbocycles. The Bertz CT molecular complexity index is 962. The Morgan fingerprint density at radius 3 is 2.81 bits per heavy atom. The van der Waals surface area contributed by atoms with Crippen LogP contribution in [-0.4, -0.2) is 54.4 Å². The lowest BCUT2D eigenvalue weighted by Crippen LogP contribution is -2.43. The summed E-state index contributed by atoms with van der Waals surface area (Å²) in [4.78, 5) is 36.0. The van der Waals surface area contributed by atoms with Gasteiger partial charge in [-0.25, -0.2) is 9.97 Å². The van der Waals surface area contributed by atoms with E-state index in [-0.39, 0.29) is 17.6 Å². The second-order valence-corrected chi connectivity index (χ2v) is 6.70. The van der Waals surface area contributed by atoms with Gasteiger partial charge in [0, 0.05) is 44.0 Å². The molecule has 8 nitrogen and oxygen atoms in total. The number of carbonyl (C=O) groups is 2. The first-order valence-corrected chi connectivity index (χ1v) is 8.90. The van der Waals surface area contributed by atoms with Crippen molar-refractivity contribution < 1.29 is 9.59 Å². The van der Waals surface area contributed by atoms with Gasteiger partial charge in [0.05, 0.1) is 5.56 Å². The van der Waals surface area contributed by atoms with Gasteiger partial charge in [-0.3, -0.25) is 14.7 Å². The number of aromatic nitrogens is 5. The fourth-order valence-corrected chi connectivity index (χ4v) is 3.54. The number of likely N-dealkylation sites (tertiary alicyclic amines) is 1. The molecule has 4 rings (SSSR count). The lowest BCUT2D eigenvalue weighted by Gasteiger charge is -2.32. The predicted molar refractivity (Wildman–Crippen MR) is 98.0 cm³/mol. The summed E-state index contributed by atoms with van der Waals surface area (Å²) < 4.78 is 1.72. The number of imidazole rings is 1. The number of aryl methyl sites for hydroxylation is 1. The number of piperidine rings is 1. The van der Waals surface area contributed by atoms with Gasteiger partial charge in [0.2, 0.25) is 5.78 Å². The molecule has 1 aliphatic heterocycles. The minimum absolute atomic E-state index is 0.0106. The van der Waals surface area contributed by atoms with Crippen LogP contribution in [0.3, 0.4) is 0 Å². The summed E-state index contributed by atoms with van der Waals surface area (Å²) in [6, 6.07) is 7.31.